The molecule has 17 heavy (non-hydrogen) atoms. The number of nitrogen functional groups attached to an aromatic ring is 1. The first kappa shape index (κ1) is 10.9. The van der Waals surface area contributed by atoms with Crippen molar-refractivity contribution in [1.29, 1.82) is 10.5 Å². The number of hydrogen-bond acceptors (Lipinski definition) is 6. The number of anilines is 2. The Balaban J connectivity index is 2.29. The van der Waals surface area contributed by atoms with Crippen LogP contribution in [0.4, 0.5) is 10.8 Å². The lowest BCUT2D eigenvalue weighted by Gasteiger charge is -1.99. The Kier molecular flexibility index (Phi) is 2.91. The molecular formula is C11H7N5S. The molecule has 0 fully saturated rings. The van der Waals surface area contributed by atoms with Gasteiger partial charge in [-0.15, -0.1) is 0 Å². The minimum Gasteiger partial charge on any atom is -0.375 e. The van der Waals surface area contributed by atoms with Gasteiger partial charge in [0.05, 0.1) is 10.2 Å². The van der Waals surface area contributed by atoms with Crippen molar-refractivity contribution in [2.24, 2.45) is 0 Å². The van der Waals surface area contributed by atoms with E-state index in [9.17, 15) is 0 Å². The van der Waals surface area contributed by atoms with Crippen molar-refractivity contribution in [2.75, 3.05) is 11.1 Å². The van der Waals surface area contributed by atoms with Crippen molar-refractivity contribution in [3.05, 3.63) is 30.0 Å². The summed E-state index contributed by atoms with van der Waals surface area (Å²) in [6, 6.07) is 9.07. The molecule has 2 rings (SSSR count). The van der Waals surface area contributed by atoms with E-state index < -0.39 is 0 Å². The molecule has 0 radical (unpaired) electrons. The second kappa shape index (κ2) is 4.52. The smallest absolute Gasteiger partial charge is 0.181 e. The van der Waals surface area contributed by atoms with Crippen LogP contribution >= 0.6 is 11.3 Å². The molecule has 0 aliphatic heterocycles. The number of rotatable bonds is 2. The second-order valence-electron chi connectivity index (χ2n) is 3.16. The summed E-state index contributed by atoms with van der Waals surface area (Å²) in [6.45, 7) is 0. The highest BCUT2D eigenvalue weighted by Crippen LogP contribution is 2.26. The summed E-state index contributed by atoms with van der Waals surface area (Å²) in [5.41, 5.74) is 7.16. The molecule has 1 heterocycles. The van der Waals surface area contributed by atoms with E-state index in [-0.39, 0.29) is 5.57 Å². The first-order valence-corrected chi connectivity index (χ1v) is 5.47. The van der Waals surface area contributed by atoms with Gasteiger partial charge in [0.2, 0.25) is 0 Å². The third kappa shape index (κ3) is 2.33. The van der Waals surface area contributed by atoms with Crippen molar-refractivity contribution in [3.8, 4) is 12.1 Å². The molecule has 0 saturated heterocycles. The molecule has 1 aromatic heterocycles. The lowest BCUT2D eigenvalue weighted by Crippen LogP contribution is -1.89. The van der Waals surface area contributed by atoms with Crippen LogP contribution in [0, 0.1) is 22.7 Å². The Morgan fingerprint density at radius 2 is 2.18 bits per heavy atom. The molecule has 0 aliphatic carbocycles. The van der Waals surface area contributed by atoms with Crippen molar-refractivity contribution < 1.29 is 0 Å². The predicted molar refractivity (Wildman–Crippen MR) is 67.0 cm³/mol. The number of benzene rings is 1. The van der Waals surface area contributed by atoms with Gasteiger partial charge in [0.25, 0.3) is 0 Å². The normalized spacial score (nSPS) is 9.29. The topological polar surface area (TPSA) is 98.5 Å². The zero-order valence-electron chi connectivity index (χ0n) is 8.64. The molecule has 0 atom stereocenters. The number of nitrogens with two attached hydrogens (primary N) is 1. The quantitative estimate of drug-likeness (QED) is 0.785. The monoisotopic (exact) mass is 241 g/mol. The van der Waals surface area contributed by atoms with Gasteiger partial charge in [-0.2, -0.15) is 10.5 Å². The van der Waals surface area contributed by atoms with Crippen LogP contribution in [-0.2, 0) is 0 Å². The number of nitriles is 2. The molecule has 0 amide bonds. The molecule has 0 spiro atoms. The molecule has 3 N–H and O–H groups in total. The minimum atomic E-state index is 0.0166. The molecule has 2 aromatic rings. The predicted octanol–water partition coefficient (Wildman–Crippen LogP) is 2.22. The van der Waals surface area contributed by atoms with Gasteiger partial charge in [-0.3, -0.25) is 0 Å². The molecule has 6 heteroatoms. The lowest BCUT2D eigenvalue weighted by atomic mass is 10.3. The Labute approximate surface area is 101 Å². The molecule has 82 valence electrons. The van der Waals surface area contributed by atoms with Crippen molar-refractivity contribution in [1.82, 2.24) is 4.98 Å². The highest BCUT2D eigenvalue weighted by molar-refractivity contribution is 7.22. The molecule has 0 aliphatic rings. The summed E-state index contributed by atoms with van der Waals surface area (Å²) >= 11 is 1.41. The van der Waals surface area contributed by atoms with Crippen LogP contribution in [0.3, 0.4) is 0 Å². The van der Waals surface area contributed by atoms with E-state index in [0.29, 0.717) is 5.13 Å². The molecule has 0 saturated carbocycles. The summed E-state index contributed by atoms with van der Waals surface area (Å²) in [6.07, 6.45) is 1.36. The fourth-order valence-electron chi connectivity index (χ4n) is 1.28. The Morgan fingerprint density at radius 1 is 1.41 bits per heavy atom. The molecule has 1 aromatic carbocycles. The van der Waals surface area contributed by atoms with Crippen LogP contribution < -0.4 is 11.1 Å². The minimum absolute atomic E-state index is 0.0166. The third-order valence-electron chi connectivity index (χ3n) is 2.03. The maximum Gasteiger partial charge on any atom is 0.181 e. The largest absolute Gasteiger partial charge is 0.375 e. The number of allylic oxidation sites excluding steroid dienone is 1. The van der Waals surface area contributed by atoms with Crippen molar-refractivity contribution in [3.63, 3.8) is 0 Å². The van der Waals surface area contributed by atoms with Gasteiger partial charge in [-0.1, -0.05) is 11.3 Å². The number of fused-ring (bicyclic) bond motifs is 1. The van der Waals surface area contributed by atoms with Crippen molar-refractivity contribution in [2.45, 2.75) is 0 Å². The third-order valence-corrected chi connectivity index (χ3v) is 2.89. The zero-order chi connectivity index (χ0) is 12.3. The molecule has 0 bridgehead atoms. The van der Waals surface area contributed by atoms with E-state index in [2.05, 4.69) is 10.3 Å². The van der Waals surface area contributed by atoms with Gasteiger partial charge >= 0.3 is 0 Å². The molecule has 0 unspecified atom stereocenters. The Morgan fingerprint density at radius 3 is 2.88 bits per heavy atom. The zero-order valence-corrected chi connectivity index (χ0v) is 9.45. The van der Waals surface area contributed by atoms with E-state index in [0.717, 1.165) is 15.9 Å². The highest BCUT2D eigenvalue weighted by Gasteiger charge is 2.01. The lowest BCUT2D eigenvalue weighted by molar-refractivity contribution is 1.44. The standard InChI is InChI=1S/C11H7N5S/c12-4-7(5-13)6-15-8-1-2-10-9(3-8)16-11(14)17-10/h1-3,6,15H,(H2,14,16). The fraction of sp³-hybridized carbons (Fsp3) is 0. The van der Waals surface area contributed by atoms with Crippen LogP contribution in [-0.4, -0.2) is 4.98 Å². The van der Waals surface area contributed by atoms with Crippen LogP contribution in [0.5, 0.6) is 0 Å². The number of nitrogens with zero attached hydrogens (tertiary/aromatic N) is 3. The van der Waals surface area contributed by atoms with Gasteiger partial charge in [0.1, 0.15) is 17.7 Å². The Bertz CT molecular complexity index is 655. The van der Waals surface area contributed by atoms with Crippen LogP contribution in [0.25, 0.3) is 10.2 Å². The fourth-order valence-corrected chi connectivity index (χ4v) is 1.99. The average molecular weight is 241 g/mol. The number of nitrogens with one attached hydrogen (secondary N) is 1. The first-order valence-electron chi connectivity index (χ1n) is 4.66. The van der Waals surface area contributed by atoms with E-state index in [1.807, 2.05) is 18.2 Å². The van der Waals surface area contributed by atoms with E-state index in [1.165, 1.54) is 17.5 Å². The number of hydrogen-bond donors (Lipinski definition) is 2. The van der Waals surface area contributed by atoms with Crippen molar-refractivity contribution >= 4 is 32.4 Å². The maximum absolute atomic E-state index is 8.57. The molecule has 5 nitrogen and oxygen atoms in total. The SMILES string of the molecule is N#CC(C#N)=CNc1ccc2sc(N)nc2c1. The first-order chi connectivity index (χ1) is 8.22. The van der Waals surface area contributed by atoms with Crippen LogP contribution in [0.1, 0.15) is 0 Å². The summed E-state index contributed by atoms with van der Waals surface area (Å²) in [5.74, 6) is 0. The van der Waals surface area contributed by atoms with E-state index >= 15 is 0 Å². The molecular weight excluding hydrogens is 234 g/mol. The summed E-state index contributed by atoms with van der Waals surface area (Å²) < 4.78 is 0.998. The number of aromatic nitrogens is 1. The Hall–Kier alpha value is -2.57. The summed E-state index contributed by atoms with van der Waals surface area (Å²) in [5, 5.41) is 20.5. The van der Waals surface area contributed by atoms with Crippen LogP contribution in [0.15, 0.2) is 30.0 Å². The van der Waals surface area contributed by atoms with Gasteiger partial charge in [0, 0.05) is 11.9 Å². The number of thiazole rings is 1. The average Bonchev–Trinajstić information content (AvgIpc) is 2.69. The van der Waals surface area contributed by atoms with E-state index in [4.69, 9.17) is 16.3 Å². The maximum atomic E-state index is 8.57. The van der Waals surface area contributed by atoms with Gasteiger partial charge < -0.3 is 11.1 Å². The van der Waals surface area contributed by atoms with Gasteiger partial charge in [0.15, 0.2) is 5.13 Å². The summed E-state index contributed by atoms with van der Waals surface area (Å²) in [4.78, 5) is 4.15. The highest BCUT2D eigenvalue weighted by atomic mass is 32.1. The van der Waals surface area contributed by atoms with Crippen LogP contribution in [0.2, 0.25) is 0 Å². The van der Waals surface area contributed by atoms with E-state index in [1.54, 1.807) is 12.1 Å². The summed E-state index contributed by atoms with van der Waals surface area (Å²) in [7, 11) is 0. The van der Waals surface area contributed by atoms with Gasteiger partial charge in [-0.25, -0.2) is 4.98 Å². The second-order valence-corrected chi connectivity index (χ2v) is 4.22. The van der Waals surface area contributed by atoms with Gasteiger partial charge in [-0.05, 0) is 18.2 Å².